The zero-order valence-electron chi connectivity index (χ0n) is 12.2. The lowest BCUT2D eigenvalue weighted by molar-refractivity contribution is 1.06. The molecule has 108 valence electrons. The highest BCUT2D eigenvalue weighted by Crippen LogP contribution is 2.20. The Balaban J connectivity index is 2.07. The molecule has 3 N–H and O–H groups in total. The van der Waals surface area contributed by atoms with E-state index in [0.717, 1.165) is 17.1 Å². The second-order valence-corrected chi connectivity index (χ2v) is 4.88. The Morgan fingerprint density at radius 1 is 0.636 bits per heavy atom. The number of para-hydroxylation sites is 3. The molecule has 0 aliphatic heterocycles. The van der Waals surface area contributed by atoms with Gasteiger partial charge in [-0.1, -0.05) is 54.6 Å². The molecule has 3 heteroatoms. The molecule has 3 aromatic rings. The summed E-state index contributed by atoms with van der Waals surface area (Å²) >= 11 is 0. The van der Waals surface area contributed by atoms with Crippen LogP contribution in [0.4, 0.5) is 17.1 Å². The number of hydrogen-bond acceptors (Lipinski definition) is 0. The summed E-state index contributed by atoms with van der Waals surface area (Å²) in [6.07, 6.45) is 0. The van der Waals surface area contributed by atoms with E-state index in [1.165, 1.54) is 0 Å². The van der Waals surface area contributed by atoms with E-state index in [0.29, 0.717) is 5.96 Å². The first-order chi connectivity index (χ1) is 10.8. The second-order valence-electron chi connectivity index (χ2n) is 4.88. The van der Waals surface area contributed by atoms with Crippen LogP contribution in [0.2, 0.25) is 0 Å². The Morgan fingerprint density at radius 2 is 1.05 bits per heavy atom. The Bertz CT molecular complexity index is 709. The summed E-state index contributed by atoms with van der Waals surface area (Å²) in [6, 6.07) is 30.0. The van der Waals surface area contributed by atoms with Crippen LogP contribution in [0, 0.1) is 0 Å². The highest BCUT2D eigenvalue weighted by atomic mass is 15.2. The molecule has 3 nitrogen and oxygen atoms in total. The van der Waals surface area contributed by atoms with Gasteiger partial charge in [0, 0.05) is 0 Å². The van der Waals surface area contributed by atoms with Gasteiger partial charge in [0.1, 0.15) is 11.4 Å². The van der Waals surface area contributed by atoms with Gasteiger partial charge >= 0.3 is 5.96 Å². The Morgan fingerprint density at radius 3 is 1.50 bits per heavy atom. The molecule has 0 atom stereocenters. The van der Waals surface area contributed by atoms with Crippen LogP contribution in [0.1, 0.15) is 0 Å². The van der Waals surface area contributed by atoms with Gasteiger partial charge in [-0.25, -0.2) is 5.32 Å². The summed E-state index contributed by atoms with van der Waals surface area (Å²) in [5.74, 6) is 0.559. The fourth-order valence-electron chi connectivity index (χ4n) is 2.31. The van der Waals surface area contributed by atoms with Crippen LogP contribution in [0.3, 0.4) is 0 Å². The quantitative estimate of drug-likeness (QED) is 0.435. The highest BCUT2D eigenvalue weighted by molar-refractivity contribution is 5.96. The van der Waals surface area contributed by atoms with E-state index in [-0.39, 0.29) is 0 Å². The average Bonchev–Trinajstić information content (AvgIpc) is 2.58. The summed E-state index contributed by atoms with van der Waals surface area (Å²) in [5, 5.41) is 3.26. The first kappa shape index (κ1) is 13.9. The average molecular weight is 288 g/mol. The second kappa shape index (κ2) is 6.59. The lowest BCUT2D eigenvalue weighted by atomic mass is 10.2. The molecule has 0 radical (unpaired) electrons. The molecule has 3 aromatic carbocycles. The molecule has 0 spiro atoms. The number of nitrogens with zero attached hydrogens (tertiary/aromatic N) is 1. The molecule has 0 aliphatic carbocycles. The normalized spacial score (nSPS) is 10.0. The smallest absolute Gasteiger partial charge is 0.290 e. The molecule has 0 aromatic heterocycles. The van der Waals surface area contributed by atoms with Crippen molar-refractivity contribution >= 4 is 23.0 Å². The molecule has 0 fully saturated rings. The third-order valence-electron chi connectivity index (χ3n) is 3.32. The largest absolute Gasteiger partial charge is 0.358 e. The van der Waals surface area contributed by atoms with Crippen molar-refractivity contribution in [3.63, 3.8) is 0 Å². The van der Waals surface area contributed by atoms with E-state index in [9.17, 15) is 0 Å². The van der Waals surface area contributed by atoms with E-state index in [1.807, 2.05) is 95.6 Å². The van der Waals surface area contributed by atoms with Crippen molar-refractivity contribution in [2.24, 2.45) is 5.73 Å². The molecule has 3 rings (SSSR count). The molecular formula is C19H18N3+. The van der Waals surface area contributed by atoms with Crippen LogP contribution in [0.25, 0.3) is 0 Å². The van der Waals surface area contributed by atoms with E-state index in [2.05, 4.69) is 5.32 Å². The van der Waals surface area contributed by atoms with Gasteiger partial charge in [0.2, 0.25) is 0 Å². The maximum absolute atomic E-state index is 6.35. The van der Waals surface area contributed by atoms with Gasteiger partial charge in [-0.2, -0.15) is 4.58 Å². The monoisotopic (exact) mass is 288 g/mol. The van der Waals surface area contributed by atoms with Crippen molar-refractivity contribution < 1.29 is 0 Å². The molecule has 0 bridgehead atoms. The van der Waals surface area contributed by atoms with Gasteiger partial charge in [-0.15, -0.1) is 0 Å². The number of guanidine groups is 1. The predicted octanol–water partition coefficient (Wildman–Crippen LogP) is 3.95. The lowest BCUT2D eigenvalue weighted by Crippen LogP contribution is -2.33. The van der Waals surface area contributed by atoms with Gasteiger partial charge in [0.05, 0.1) is 5.69 Å². The van der Waals surface area contributed by atoms with E-state index < -0.39 is 0 Å². The number of rotatable bonds is 3. The number of nitrogens with one attached hydrogen (secondary N) is 1. The minimum Gasteiger partial charge on any atom is -0.290 e. The van der Waals surface area contributed by atoms with E-state index in [4.69, 9.17) is 5.73 Å². The van der Waals surface area contributed by atoms with Crippen molar-refractivity contribution in [3.8, 4) is 0 Å². The highest BCUT2D eigenvalue weighted by Gasteiger charge is 2.13. The molecule has 0 unspecified atom stereocenters. The maximum Gasteiger partial charge on any atom is 0.358 e. The van der Waals surface area contributed by atoms with Gasteiger partial charge in [-0.05, 0) is 36.4 Å². The van der Waals surface area contributed by atoms with E-state index >= 15 is 0 Å². The molecule has 0 heterocycles. The van der Waals surface area contributed by atoms with Crippen molar-refractivity contribution in [1.82, 2.24) is 4.58 Å². The number of nitrogens with two attached hydrogens (primary N) is 1. The molecular weight excluding hydrogens is 270 g/mol. The molecule has 0 amide bonds. The Hall–Kier alpha value is -3.07. The van der Waals surface area contributed by atoms with Crippen LogP contribution in [0.15, 0.2) is 91.0 Å². The molecule has 22 heavy (non-hydrogen) atoms. The van der Waals surface area contributed by atoms with Crippen LogP contribution >= 0.6 is 0 Å². The first-order valence-corrected chi connectivity index (χ1v) is 7.19. The number of anilines is 1. The van der Waals surface area contributed by atoms with Crippen molar-refractivity contribution in [1.29, 1.82) is 0 Å². The van der Waals surface area contributed by atoms with Crippen LogP contribution < -0.4 is 15.6 Å². The first-order valence-electron chi connectivity index (χ1n) is 7.19. The molecule has 0 saturated carbocycles. The predicted molar refractivity (Wildman–Crippen MR) is 93.6 cm³/mol. The minimum absolute atomic E-state index is 0.559. The topological polar surface area (TPSA) is 41.1 Å². The zero-order chi connectivity index (χ0) is 15.2. The van der Waals surface area contributed by atoms with Crippen molar-refractivity contribution in [2.75, 3.05) is 5.32 Å². The maximum atomic E-state index is 6.35. The van der Waals surface area contributed by atoms with Crippen molar-refractivity contribution in [2.45, 2.75) is 0 Å². The Kier molecular flexibility index (Phi) is 4.16. The van der Waals surface area contributed by atoms with Crippen molar-refractivity contribution in [3.05, 3.63) is 91.0 Å². The van der Waals surface area contributed by atoms with Gasteiger partial charge in [0.15, 0.2) is 0 Å². The summed E-state index contributed by atoms with van der Waals surface area (Å²) in [5.41, 5.74) is 9.32. The third kappa shape index (κ3) is 3.15. The van der Waals surface area contributed by atoms with Crippen LogP contribution in [-0.2, 0) is 0 Å². The van der Waals surface area contributed by atoms with Crippen LogP contribution in [0.5, 0.6) is 0 Å². The third-order valence-corrected chi connectivity index (χ3v) is 3.32. The summed E-state index contributed by atoms with van der Waals surface area (Å²) in [4.78, 5) is 0. The number of hydrogen-bond donors (Lipinski definition) is 2. The lowest BCUT2D eigenvalue weighted by Gasteiger charge is -2.11. The Labute approximate surface area is 130 Å². The van der Waals surface area contributed by atoms with E-state index in [1.54, 1.807) is 0 Å². The standard InChI is InChI=1S/C19H17N3/c20-19(21-16-10-4-1-5-11-16)22(17-12-6-2-7-13-17)18-14-8-3-9-15-18/h1-15H,(H2,20,21)/p+1. The summed E-state index contributed by atoms with van der Waals surface area (Å²) in [6.45, 7) is 0. The van der Waals surface area contributed by atoms with Gasteiger partial charge in [-0.3, -0.25) is 5.73 Å². The number of benzene rings is 3. The van der Waals surface area contributed by atoms with Crippen LogP contribution in [-0.4, -0.2) is 5.96 Å². The fourth-order valence-corrected chi connectivity index (χ4v) is 2.31. The fraction of sp³-hybridized carbons (Fsp3) is 0. The van der Waals surface area contributed by atoms with Gasteiger partial charge in [0.25, 0.3) is 0 Å². The van der Waals surface area contributed by atoms with Gasteiger partial charge < -0.3 is 0 Å². The SMILES string of the molecule is NC(Nc1ccccc1)=[N+](c1ccccc1)c1ccccc1. The molecule has 0 aliphatic rings. The zero-order valence-corrected chi connectivity index (χ0v) is 12.2. The summed E-state index contributed by atoms with van der Waals surface area (Å²) in [7, 11) is 0. The summed E-state index contributed by atoms with van der Waals surface area (Å²) < 4.78 is 1.99. The minimum atomic E-state index is 0.559. The molecule has 0 saturated heterocycles.